The zero-order chi connectivity index (χ0) is 16.6. The second-order valence-electron chi connectivity index (χ2n) is 7.75. The fraction of sp³-hybridized carbons (Fsp3) is 0.409. The molecular weight excluding hydrogens is 312 g/mol. The fourth-order valence-corrected chi connectivity index (χ4v) is 5.99. The molecule has 2 aromatic carbocycles. The first kappa shape index (κ1) is 16.0. The van der Waals surface area contributed by atoms with Crippen molar-refractivity contribution >= 4 is 17.5 Å². The third-order valence-corrected chi connectivity index (χ3v) is 7.31. The summed E-state index contributed by atoms with van der Waals surface area (Å²) >= 11 is 1.78. The summed E-state index contributed by atoms with van der Waals surface area (Å²) in [7, 11) is 0. The minimum Gasteiger partial charge on any atom is -0.297 e. The highest BCUT2D eigenvalue weighted by Crippen LogP contribution is 2.55. The molecule has 5 rings (SSSR count). The SMILES string of the molecule is CC12CCC(c3ccccc3)(CC1)C(=O)C(Sc1ccccc1)C2. The largest absolute Gasteiger partial charge is 0.297 e. The highest BCUT2D eigenvalue weighted by molar-refractivity contribution is 8.00. The molecule has 2 heteroatoms. The molecule has 124 valence electrons. The number of rotatable bonds is 3. The van der Waals surface area contributed by atoms with E-state index >= 15 is 0 Å². The van der Waals surface area contributed by atoms with E-state index in [4.69, 9.17) is 0 Å². The van der Waals surface area contributed by atoms with Crippen LogP contribution in [0.2, 0.25) is 0 Å². The van der Waals surface area contributed by atoms with Gasteiger partial charge in [0, 0.05) is 4.90 Å². The number of hydrogen-bond donors (Lipinski definition) is 0. The summed E-state index contributed by atoms with van der Waals surface area (Å²) in [5, 5.41) is 0.0719. The first-order chi connectivity index (χ1) is 11.6. The van der Waals surface area contributed by atoms with Crippen LogP contribution in [0.25, 0.3) is 0 Å². The van der Waals surface area contributed by atoms with E-state index in [1.165, 1.54) is 23.3 Å². The van der Waals surface area contributed by atoms with Gasteiger partial charge in [0.15, 0.2) is 5.78 Å². The van der Waals surface area contributed by atoms with E-state index < -0.39 is 0 Å². The van der Waals surface area contributed by atoms with Crippen LogP contribution in [0.3, 0.4) is 0 Å². The third kappa shape index (κ3) is 2.71. The monoisotopic (exact) mass is 336 g/mol. The Hall–Kier alpha value is -1.54. The lowest BCUT2D eigenvalue weighted by Gasteiger charge is -2.40. The van der Waals surface area contributed by atoms with Crippen molar-refractivity contribution in [1.29, 1.82) is 0 Å². The van der Waals surface area contributed by atoms with Gasteiger partial charge in [0.2, 0.25) is 0 Å². The van der Waals surface area contributed by atoms with Crippen molar-refractivity contribution in [2.75, 3.05) is 0 Å². The molecule has 3 fully saturated rings. The molecule has 24 heavy (non-hydrogen) atoms. The average molecular weight is 337 g/mol. The number of carbonyl (C=O) groups is 1. The molecule has 3 aliphatic carbocycles. The van der Waals surface area contributed by atoms with Crippen molar-refractivity contribution in [3.05, 3.63) is 66.2 Å². The van der Waals surface area contributed by atoms with Crippen LogP contribution in [0, 0.1) is 5.41 Å². The van der Waals surface area contributed by atoms with E-state index in [1.807, 2.05) is 12.1 Å². The quantitative estimate of drug-likeness (QED) is 0.721. The Balaban J connectivity index is 1.72. The van der Waals surface area contributed by atoms with Crippen LogP contribution in [0.5, 0.6) is 0 Å². The number of hydrogen-bond acceptors (Lipinski definition) is 2. The molecule has 0 N–H and O–H groups in total. The molecule has 2 bridgehead atoms. The summed E-state index contributed by atoms with van der Waals surface area (Å²) in [5.41, 5.74) is 1.29. The summed E-state index contributed by atoms with van der Waals surface area (Å²) in [5.74, 6) is 0.462. The standard InChI is InChI=1S/C22H24OS/c1-21-12-14-22(15-13-21,17-8-4-2-5-9-17)20(23)19(16-21)24-18-10-6-3-7-11-18/h2-11,19H,12-16H2,1H3. The molecule has 0 aromatic heterocycles. The number of thioether (sulfide) groups is 1. The molecule has 1 nitrogen and oxygen atoms in total. The zero-order valence-corrected chi connectivity index (χ0v) is 15.0. The van der Waals surface area contributed by atoms with Crippen molar-refractivity contribution in [2.45, 2.75) is 54.6 Å². The highest BCUT2D eigenvalue weighted by Gasteiger charge is 2.53. The van der Waals surface area contributed by atoms with Crippen molar-refractivity contribution in [2.24, 2.45) is 5.41 Å². The van der Waals surface area contributed by atoms with Gasteiger partial charge >= 0.3 is 0 Å². The summed E-state index contributed by atoms with van der Waals surface area (Å²) in [6, 6.07) is 20.9. The number of benzene rings is 2. The topological polar surface area (TPSA) is 17.1 Å². The van der Waals surface area contributed by atoms with Crippen molar-refractivity contribution in [1.82, 2.24) is 0 Å². The molecule has 0 amide bonds. The summed E-state index contributed by atoms with van der Waals surface area (Å²) in [6.45, 7) is 2.39. The van der Waals surface area contributed by atoms with E-state index in [2.05, 4.69) is 55.5 Å². The molecule has 1 unspecified atom stereocenters. The van der Waals surface area contributed by atoms with Crippen LogP contribution in [0.4, 0.5) is 0 Å². The van der Waals surface area contributed by atoms with E-state index in [0.29, 0.717) is 11.2 Å². The minimum atomic E-state index is -0.260. The van der Waals surface area contributed by atoms with Gasteiger partial charge in [-0.25, -0.2) is 0 Å². The van der Waals surface area contributed by atoms with Crippen molar-refractivity contribution < 1.29 is 4.79 Å². The molecule has 1 atom stereocenters. The Morgan fingerprint density at radius 3 is 2.08 bits per heavy atom. The maximum Gasteiger partial charge on any atom is 0.156 e. The van der Waals surface area contributed by atoms with Gasteiger partial charge in [-0.3, -0.25) is 4.79 Å². The second kappa shape index (κ2) is 6.07. The first-order valence-corrected chi connectivity index (χ1v) is 9.81. The van der Waals surface area contributed by atoms with Gasteiger partial charge in [0.05, 0.1) is 10.7 Å². The lowest BCUT2D eigenvalue weighted by atomic mass is 9.63. The molecule has 0 saturated heterocycles. The molecular formula is C22H24OS. The maximum absolute atomic E-state index is 13.7. The molecule has 0 radical (unpaired) electrons. The molecule has 3 saturated carbocycles. The van der Waals surface area contributed by atoms with E-state index in [-0.39, 0.29) is 10.7 Å². The van der Waals surface area contributed by atoms with Gasteiger partial charge in [-0.05, 0) is 55.2 Å². The van der Waals surface area contributed by atoms with Crippen LogP contribution in [-0.2, 0) is 10.2 Å². The van der Waals surface area contributed by atoms with Crippen LogP contribution in [-0.4, -0.2) is 11.0 Å². The molecule has 3 aliphatic rings. The van der Waals surface area contributed by atoms with Crippen LogP contribution < -0.4 is 0 Å². The van der Waals surface area contributed by atoms with Crippen molar-refractivity contribution in [3.8, 4) is 0 Å². The van der Waals surface area contributed by atoms with Gasteiger partial charge in [-0.1, -0.05) is 55.5 Å². The predicted molar refractivity (Wildman–Crippen MR) is 100 cm³/mol. The van der Waals surface area contributed by atoms with E-state index in [1.54, 1.807) is 11.8 Å². The zero-order valence-electron chi connectivity index (χ0n) is 14.2. The molecule has 2 aromatic rings. The third-order valence-electron chi connectivity index (χ3n) is 6.10. The number of ketones is 1. The van der Waals surface area contributed by atoms with Crippen LogP contribution in [0.1, 0.15) is 44.6 Å². The van der Waals surface area contributed by atoms with Gasteiger partial charge in [0.25, 0.3) is 0 Å². The normalized spacial score (nSPS) is 32.5. The molecule has 0 spiro atoms. The van der Waals surface area contributed by atoms with Gasteiger partial charge in [-0.15, -0.1) is 11.8 Å². The van der Waals surface area contributed by atoms with Crippen LogP contribution >= 0.6 is 11.8 Å². The Bertz CT molecular complexity index is 714. The number of fused-ring (bicyclic) bond motifs is 4. The number of Topliss-reactive ketones (excluding diaryl/α,β-unsaturated/α-hetero) is 1. The highest BCUT2D eigenvalue weighted by atomic mass is 32.2. The summed E-state index contributed by atoms with van der Waals surface area (Å²) in [4.78, 5) is 14.9. The summed E-state index contributed by atoms with van der Waals surface area (Å²) < 4.78 is 0. The average Bonchev–Trinajstić information content (AvgIpc) is 2.79. The second-order valence-corrected chi connectivity index (χ2v) is 9.02. The maximum atomic E-state index is 13.7. The Morgan fingerprint density at radius 2 is 1.46 bits per heavy atom. The molecule has 0 aliphatic heterocycles. The predicted octanol–water partition coefficient (Wildman–Crippen LogP) is 5.64. The van der Waals surface area contributed by atoms with E-state index in [0.717, 1.165) is 19.3 Å². The van der Waals surface area contributed by atoms with Gasteiger partial charge in [0.1, 0.15) is 0 Å². The van der Waals surface area contributed by atoms with Gasteiger partial charge in [-0.2, -0.15) is 0 Å². The van der Waals surface area contributed by atoms with Crippen LogP contribution in [0.15, 0.2) is 65.6 Å². The Morgan fingerprint density at radius 1 is 0.875 bits per heavy atom. The lowest BCUT2D eigenvalue weighted by molar-refractivity contribution is -0.124. The van der Waals surface area contributed by atoms with Gasteiger partial charge < -0.3 is 0 Å². The minimum absolute atomic E-state index is 0.0719. The van der Waals surface area contributed by atoms with E-state index in [9.17, 15) is 4.79 Å². The van der Waals surface area contributed by atoms with Crippen molar-refractivity contribution in [3.63, 3.8) is 0 Å². The number of carbonyl (C=O) groups excluding carboxylic acids is 1. The Labute approximate surface area is 148 Å². The smallest absolute Gasteiger partial charge is 0.156 e. The first-order valence-electron chi connectivity index (χ1n) is 8.93. The summed E-state index contributed by atoms with van der Waals surface area (Å²) in [6.07, 6.45) is 5.37. The molecule has 0 heterocycles. The fourth-order valence-electron chi connectivity index (χ4n) is 4.53. The lowest BCUT2D eigenvalue weighted by Crippen LogP contribution is -2.40. The Kier molecular flexibility index (Phi) is 4.04.